The molecule has 1 aromatic heterocycles. The summed E-state index contributed by atoms with van der Waals surface area (Å²) in [5.41, 5.74) is 8.11. The largest absolute Gasteiger partial charge is 0.411 e. The Morgan fingerprint density at radius 2 is 1.48 bits per heavy atom. The fraction of sp³-hybridized carbons (Fsp3) is 0.333. The summed E-state index contributed by atoms with van der Waals surface area (Å²) in [5.74, 6) is 0.319. The van der Waals surface area contributed by atoms with Crippen LogP contribution in [0.1, 0.15) is 40.9 Å². The third-order valence-electron chi connectivity index (χ3n) is 6.99. The number of aromatic amines is 1. The van der Waals surface area contributed by atoms with Crippen LogP contribution in [0.2, 0.25) is 0 Å². The standard InChI is InChI=1S/C27H31N5O/c1-31(2)21-11-7-19(8-12-21)27(20-9-13-22(14-10-20)32(3)4)16-15-23-24(17-27)28-29-26(23)25(30-33)18-5-6-18/h7-16,18,33H,5-6,17H2,1-4H3,(H,28,29)/b30-25+. The highest BCUT2D eigenvalue weighted by atomic mass is 16.4. The van der Waals surface area contributed by atoms with E-state index in [1.165, 1.54) is 22.5 Å². The van der Waals surface area contributed by atoms with Gasteiger partial charge in [-0.05, 0) is 48.2 Å². The lowest BCUT2D eigenvalue weighted by atomic mass is 9.68. The number of oxime groups is 1. The molecule has 0 spiro atoms. The first-order chi connectivity index (χ1) is 15.9. The lowest BCUT2D eigenvalue weighted by Gasteiger charge is -2.35. The van der Waals surface area contributed by atoms with Crippen molar-refractivity contribution in [3.05, 3.63) is 82.7 Å². The zero-order chi connectivity index (χ0) is 23.2. The fourth-order valence-corrected chi connectivity index (χ4v) is 4.82. The van der Waals surface area contributed by atoms with E-state index in [0.717, 1.165) is 36.2 Å². The maximum Gasteiger partial charge on any atom is 0.117 e. The molecule has 3 aromatic rings. The molecule has 170 valence electrons. The Bertz CT molecular complexity index is 1150. The molecule has 0 unspecified atom stereocenters. The van der Waals surface area contributed by atoms with Crippen LogP contribution in [0.5, 0.6) is 0 Å². The Morgan fingerprint density at radius 3 is 1.94 bits per heavy atom. The first kappa shape index (κ1) is 21.3. The normalized spacial score (nSPS) is 17.0. The Labute approximate surface area is 195 Å². The molecule has 0 radical (unpaired) electrons. The molecule has 2 aromatic carbocycles. The van der Waals surface area contributed by atoms with E-state index in [0.29, 0.717) is 11.6 Å². The van der Waals surface area contributed by atoms with Gasteiger partial charge in [0.25, 0.3) is 0 Å². The highest BCUT2D eigenvalue weighted by molar-refractivity contribution is 6.04. The van der Waals surface area contributed by atoms with Crippen LogP contribution in [0.15, 0.2) is 59.8 Å². The zero-order valence-corrected chi connectivity index (χ0v) is 19.7. The van der Waals surface area contributed by atoms with E-state index in [9.17, 15) is 5.21 Å². The summed E-state index contributed by atoms with van der Waals surface area (Å²) in [6.45, 7) is 0. The molecule has 6 nitrogen and oxygen atoms in total. The summed E-state index contributed by atoms with van der Waals surface area (Å²) in [7, 11) is 8.24. The van der Waals surface area contributed by atoms with Crippen LogP contribution in [0.4, 0.5) is 11.4 Å². The summed E-state index contributed by atoms with van der Waals surface area (Å²) in [4.78, 5) is 4.23. The van der Waals surface area contributed by atoms with Gasteiger partial charge in [-0.3, -0.25) is 5.10 Å². The minimum atomic E-state index is -0.317. The number of hydrogen-bond donors (Lipinski definition) is 2. The van der Waals surface area contributed by atoms with Gasteiger partial charge >= 0.3 is 0 Å². The molecule has 0 amide bonds. The van der Waals surface area contributed by atoms with Crippen LogP contribution in [-0.4, -0.2) is 49.3 Å². The van der Waals surface area contributed by atoms with Crippen molar-refractivity contribution in [3.63, 3.8) is 0 Å². The molecule has 2 aliphatic carbocycles. The number of rotatable bonds is 6. The number of benzene rings is 2. The van der Waals surface area contributed by atoms with Gasteiger partial charge in [0.05, 0.1) is 0 Å². The molecule has 0 atom stereocenters. The fourth-order valence-electron chi connectivity index (χ4n) is 4.82. The van der Waals surface area contributed by atoms with Crippen molar-refractivity contribution in [2.24, 2.45) is 11.1 Å². The maximum absolute atomic E-state index is 9.61. The average Bonchev–Trinajstić information content (AvgIpc) is 3.59. The lowest BCUT2D eigenvalue weighted by molar-refractivity contribution is 0.317. The summed E-state index contributed by atoms with van der Waals surface area (Å²) in [5, 5.41) is 21.1. The van der Waals surface area contributed by atoms with Gasteiger partial charge in [0.1, 0.15) is 11.4 Å². The molecule has 33 heavy (non-hydrogen) atoms. The van der Waals surface area contributed by atoms with Crippen LogP contribution in [0.3, 0.4) is 0 Å². The van der Waals surface area contributed by atoms with Crippen LogP contribution in [-0.2, 0) is 11.8 Å². The Morgan fingerprint density at radius 1 is 0.939 bits per heavy atom. The monoisotopic (exact) mass is 441 g/mol. The Balaban J connectivity index is 1.60. The molecule has 0 bridgehead atoms. The molecular formula is C27H31N5O. The van der Waals surface area contributed by atoms with Crippen molar-refractivity contribution in [1.82, 2.24) is 10.2 Å². The topological polar surface area (TPSA) is 67.8 Å². The van der Waals surface area contributed by atoms with Crippen LogP contribution >= 0.6 is 0 Å². The van der Waals surface area contributed by atoms with Crippen LogP contribution in [0.25, 0.3) is 6.08 Å². The minimum absolute atomic E-state index is 0.317. The molecule has 2 N–H and O–H groups in total. The second kappa shape index (κ2) is 8.10. The Kier molecular flexibility index (Phi) is 5.23. The molecule has 1 saturated carbocycles. The molecule has 2 aliphatic rings. The second-order valence-electron chi connectivity index (χ2n) is 9.59. The van der Waals surface area contributed by atoms with Crippen molar-refractivity contribution >= 4 is 23.2 Å². The van der Waals surface area contributed by atoms with E-state index < -0.39 is 0 Å². The zero-order valence-electron chi connectivity index (χ0n) is 19.7. The van der Waals surface area contributed by atoms with Gasteiger partial charge in [-0.25, -0.2) is 0 Å². The van der Waals surface area contributed by atoms with E-state index in [-0.39, 0.29) is 5.41 Å². The van der Waals surface area contributed by atoms with E-state index in [1.54, 1.807) is 0 Å². The Hall–Kier alpha value is -3.54. The summed E-state index contributed by atoms with van der Waals surface area (Å²) in [6, 6.07) is 17.6. The van der Waals surface area contributed by atoms with Gasteiger partial charge in [0.2, 0.25) is 0 Å². The molecular weight excluding hydrogens is 410 g/mol. The molecule has 5 rings (SSSR count). The number of H-pyrrole nitrogens is 1. The van der Waals surface area contributed by atoms with Crippen molar-refractivity contribution in [2.45, 2.75) is 24.7 Å². The quantitative estimate of drug-likeness (QED) is 0.331. The summed E-state index contributed by atoms with van der Waals surface area (Å²) in [6.07, 6.45) is 7.34. The van der Waals surface area contributed by atoms with E-state index in [4.69, 9.17) is 0 Å². The van der Waals surface area contributed by atoms with Crippen molar-refractivity contribution in [2.75, 3.05) is 38.0 Å². The first-order valence-electron chi connectivity index (χ1n) is 11.5. The van der Waals surface area contributed by atoms with E-state index in [1.807, 2.05) is 0 Å². The number of allylic oxidation sites excluding steroid dienone is 1. The van der Waals surface area contributed by atoms with Crippen molar-refractivity contribution in [3.8, 4) is 0 Å². The van der Waals surface area contributed by atoms with Gasteiger partial charge in [0.15, 0.2) is 0 Å². The SMILES string of the molecule is CN(C)c1ccc(C2(c3ccc(N(C)C)cc3)C=Cc3c(/C(=N/O)C4CC4)n[nH]c3C2)cc1. The van der Waals surface area contributed by atoms with Crippen molar-refractivity contribution in [1.29, 1.82) is 0 Å². The highest BCUT2D eigenvalue weighted by Crippen LogP contribution is 2.43. The highest BCUT2D eigenvalue weighted by Gasteiger charge is 2.39. The van der Waals surface area contributed by atoms with E-state index >= 15 is 0 Å². The smallest absolute Gasteiger partial charge is 0.117 e. The molecule has 6 heteroatoms. The maximum atomic E-state index is 9.61. The number of hydrogen-bond acceptors (Lipinski definition) is 5. The number of nitrogens with zero attached hydrogens (tertiary/aromatic N) is 4. The van der Waals surface area contributed by atoms with Gasteiger partial charge < -0.3 is 15.0 Å². The van der Waals surface area contributed by atoms with Crippen molar-refractivity contribution < 1.29 is 5.21 Å². The van der Waals surface area contributed by atoms with Gasteiger partial charge in [-0.1, -0.05) is 41.6 Å². The molecule has 1 fully saturated rings. The van der Waals surface area contributed by atoms with Crippen LogP contribution < -0.4 is 9.80 Å². The summed E-state index contributed by atoms with van der Waals surface area (Å²) < 4.78 is 0. The number of anilines is 2. The predicted octanol–water partition coefficient (Wildman–Crippen LogP) is 4.69. The third-order valence-corrected chi connectivity index (χ3v) is 6.99. The average molecular weight is 442 g/mol. The minimum Gasteiger partial charge on any atom is -0.411 e. The number of nitrogens with one attached hydrogen (secondary N) is 1. The molecule has 0 saturated heterocycles. The predicted molar refractivity (Wildman–Crippen MR) is 135 cm³/mol. The van der Waals surface area contributed by atoms with E-state index in [2.05, 4.69) is 114 Å². The van der Waals surface area contributed by atoms with Gasteiger partial charge in [0, 0.05) is 68.6 Å². The molecule has 1 heterocycles. The number of aromatic nitrogens is 2. The van der Waals surface area contributed by atoms with Crippen LogP contribution in [0, 0.1) is 5.92 Å². The summed E-state index contributed by atoms with van der Waals surface area (Å²) >= 11 is 0. The second-order valence-corrected chi connectivity index (χ2v) is 9.59. The number of fused-ring (bicyclic) bond motifs is 1. The lowest BCUT2D eigenvalue weighted by Crippen LogP contribution is -2.31. The van der Waals surface area contributed by atoms with Gasteiger partial charge in [-0.2, -0.15) is 5.10 Å². The van der Waals surface area contributed by atoms with Gasteiger partial charge in [-0.15, -0.1) is 0 Å². The third kappa shape index (κ3) is 3.69. The molecule has 0 aliphatic heterocycles. The first-order valence-corrected chi connectivity index (χ1v) is 11.5.